The number of aromatic nitrogens is 2. The number of nitrogens with one attached hydrogen (secondary N) is 1. The lowest BCUT2D eigenvalue weighted by Crippen LogP contribution is -2.24. The van der Waals surface area contributed by atoms with Gasteiger partial charge in [0.25, 0.3) is 0 Å². The van der Waals surface area contributed by atoms with E-state index in [0.29, 0.717) is 12.8 Å². The number of Topliss-reactive ketones (excluding diaryl/α,β-unsaturated/α-hetero) is 1. The van der Waals surface area contributed by atoms with Gasteiger partial charge in [0.15, 0.2) is 11.5 Å². The number of anilines is 1. The number of hydrogen-bond donors (Lipinski definition) is 3. The number of nitrogens with zero attached hydrogens (tertiary/aromatic N) is 2. The van der Waals surface area contributed by atoms with Gasteiger partial charge in [0, 0.05) is 18.2 Å². The summed E-state index contributed by atoms with van der Waals surface area (Å²) >= 11 is 0. The monoisotopic (exact) mass is 424 g/mol. The number of aliphatic hydroxyl groups is 1. The van der Waals surface area contributed by atoms with Crippen LogP contribution in [0, 0.1) is 5.92 Å². The molecule has 0 saturated heterocycles. The van der Waals surface area contributed by atoms with Gasteiger partial charge in [-0.25, -0.2) is 15.1 Å². The van der Waals surface area contributed by atoms with E-state index in [2.05, 4.69) is 19.5 Å². The third kappa shape index (κ3) is 5.23. The highest BCUT2D eigenvalue weighted by Crippen LogP contribution is 2.30. The molecule has 0 aliphatic heterocycles. The molecule has 12 heteroatoms. The predicted molar refractivity (Wildman–Crippen MR) is 99.4 cm³/mol. The molecule has 0 radical (unpaired) electrons. The van der Waals surface area contributed by atoms with Crippen molar-refractivity contribution < 1.29 is 31.7 Å². The highest BCUT2D eigenvalue weighted by Gasteiger charge is 2.35. The lowest BCUT2D eigenvalue weighted by Gasteiger charge is -2.15. The fraction of sp³-hybridized carbons (Fsp3) is 0.412. The van der Waals surface area contributed by atoms with Gasteiger partial charge in [-0.05, 0) is 25.8 Å². The molecule has 1 saturated carbocycles. The molecule has 1 unspecified atom stereocenters. The first-order valence-electron chi connectivity index (χ1n) is 8.70. The maximum absolute atomic E-state index is 12.7. The second kappa shape index (κ2) is 8.37. The molecule has 1 aliphatic carbocycles. The number of aliphatic hydroxyl groups excluding tert-OH is 1. The Morgan fingerprint density at radius 2 is 2.17 bits per heavy atom. The van der Waals surface area contributed by atoms with E-state index >= 15 is 0 Å². The zero-order valence-electron chi connectivity index (χ0n) is 15.4. The van der Waals surface area contributed by atoms with Gasteiger partial charge in [-0.3, -0.25) is 13.8 Å². The van der Waals surface area contributed by atoms with Crippen LogP contribution in [0.1, 0.15) is 46.2 Å². The molecule has 29 heavy (non-hydrogen) atoms. The Morgan fingerprint density at radius 1 is 1.41 bits per heavy atom. The van der Waals surface area contributed by atoms with Crippen molar-refractivity contribution in [3.63, 3.8) is 0 Å². The Hall–Kier alpha value is -2.67. The standard InChI is InChI=1S/C17H20N4O7S/c1-9(22)10-3-15(27-6-10)16(24)13-5-19-8-20-17(13)21-12-2-11(14(23)4-12)7-28-29(18,25)26/h3,5-6,8,11-12,14,23H,2,4,7H2,1H3,(H2,18,25,26)(H,19,20,21)/t11?,12-,14+/m1/s1. The quantitative estimate of drug-likeness (QED) is 0.499. The molecule has 3 atom stereocenters. The minimum atomic E-state index is -4.10. The molecule has 0 aromatic carbocycles. The lowest BCUT2D eigenvalue weighted by atomic mass is 10.1. The third-order valence-electron chi connectivity index (χ3n) is 4.63. The largest absolute Gasteiger partial charge is 0.460 e. The Bertz CT molecular complexity index is 1020. The second-order valence-corrected chi connectivity index (χ2v) is 8.01. The first-order chi connectivity index (χ1) is 13.6. The van der Waals surface area contributed by atoms with Crippen molar-refractivity contribution in [3.8, 4) is 0 Å². The van der Waals surface area contributed by atoms with E-state index in [1.807, 2.05) is 0 Å². The average molecular weight is 424 g/mol. The summed E-state index contributed by atoms with van der Waals surface area (Å²) in [5.41, 5.74) is 0.409. The topological polar surface area (TPSA) is 175 Å². The van der Waals surface area contributed by atoms with Gasteiger partial charge >= 0.3 is 10.3 Å². The smallest absolute Gasteiger partial charge is 0.333 e. The maximum Gasteiger partial charge on any atom is 0.333 e. The van der Waals surface area contributed by atoms with E-state index in [9.17, 15) is 23.1 Å². The summed E-state index contributed by atoms with van der Waals surface area (Å²) < 4.78 is 31.6. The van der Waals surface area contributed by atoms with Crippen LogP contribution in [0.25, 0.3) is 0 Å². The van der Waals surface area contributed by atoms with Gasteiger partial charge in [-0.1, -0.05) is 0 Å². The zero-order chi connectivity index (χ0) is 21.2. The highest BCUT2D eigenvalue weighted by molar-refractivity contribution is 7.84. The van der Waals surface area contributed by atoms with E-state index in [1.165, 1.54) is 31.8 Å². The minimum Gasteiger partial charge on any atom is -0.460 e. The number of ketones is 2. The first-order valence-corrected chi connectivity index (χ1v) is 10.2. The first kappa shape index (κ1) is 21.0. The van der Waals surface area contributed by atoms with Crippen LogP contribution < -0.4 is 10.5 Å². The Balaban J connectivity index is 1.72. The van der Waals surface area contributed by atoms with Crippen molar-refractivity contribution in [1.29, 1.82) is 0 Å². The van der Waals surface area contributed by atoms with Crippen LogP contribution in [-0.2, 0) is 14.5 Å². The summed E-state index contributed by atoms with van der Waals surface area (Å²) in [5, 5.41) is 18.0. The van der Waals surface area contributed by atoms with Crippen molar-refractivity contribution in [2.45, 2.75) is 31.9 Å². The van der Waals surface area contributed by atoms with E-state index in [0.717, 1.165) is 0 Å². The summed E-state index contributed by atoms with van der Waals surface area (Å²) in [6.45, 7) is 1.12. The van der Waals surface area contributed by atoms with E-state index in [4.69, 9.17) is 9.56 Å². The van der Waals surface area contributed by atoms with E-state index in [-0.39, 0.29) is 41.1 Å². The average Bonchev–Trinajstić information content (AvgIpc) is 3.26. The van der Waals surface area contributed by atoms with Crippen molar-refractivity contribution in [3.05, 3.63) is 41.7 Å². The molecule has 156 valence electrons. The molecule has 3 rings (SSSR count). The molecule has 0 bridgehead atoms. The molecule has 4 N–H and O–H groups in total. The second-order valence-electron chi connectivity index (χ2n) is 6.79. The molecule has 1 aliphatic rings. The molecule has 0 spiro atoms. The van der Waals surface area contributed by atoms with Crippen LogP contribution in [0.3, 0.4) is 0 Å². The summed E-state index contributed by atoms with van der Waals surface area (Å²) in [6.07, 6.45) is 3.65. The summed E-state index contributed by atoms with van der Waals surface area (Å²) in [5.74, 6) is -0.985. The third-order valence-corrected chi connectivity index (χ3v) is 5.10. The molecule has 1 fully saturated rings. The summed E-state index contributed by atoms with van der Waals surface area (Å²) in [6, 6.07) is 1.06. The normalized spacial score (nSPS) is 21.8. The summed E-state index contributed by atoms with van der Waals surface area (Å²) in [7, 11) is -4.10. The molecule has 2 heterocycles. The van der Waals surface area contributed by atoms with Crippen molar-refractivity contribution in [2.75, 3.05) is 11.9 Å². The molecule has 2 aromatic rings. The number of nitrogens with two attached hydrogens (primary N) is 1. The van der Waals surface area contributed by atoms with Gasteiger partial charge in [-0.15, -0.1) is 0 Å². The minimum absolute atomic E-state index is 0.0288. The molecule has 2 aromatic heterocycles. The van der Waals surface area contributed by atoms with Gasteiger partial charge in [0.1, 0.15) is 18.4 Å². The van der Waals surface area contributed by atoms with Gasteiger partial charge in [0.05, 0.1) is 23.8 Å². The van der Waals surface area contributed by atoms with Crippen LogP contribution in [0.15, 0.2) is 29.3 Å². The van der Waals surface area contributed by atoms with E-state index < -0.39 is 28.1 Å². The van der Waals surface area contributed by atoms with Crippen LogP contribution in [-0.4, -0.2) is 53.8 Å². The van der Waals surface area contributed by atoms with Crippen molar-refractivity contribution in [2.24, 2.45) is 11.1 Å². The fourth-order valence-electron chi connectivity index (χ4n) is 3.16. The van der Waals surface area contributed by atoms with Crippen molar-refractivity contribution >= 4 is 27.7 Å². The SMILES string of the molecule is CC(=O)c1coc(C(=O)c2cncnc2N[C@@H]2CC(COS(N)(=O)=O)[C@@H](O)C2)c1. The van der Waals surface area contributed by atoms with Crippen molar-refractivity contribution in [1.82, 2.24) is 9.97 Å². The van der Waals surface area contributed by atoms with Gasteiger partial charge < -0.3 is 14.8 Å². The highest BCUT2D eigenvalue weighted by atomic mass is 32.2. The Kier molecular flexibility index (Phi) is 6.07. The molecular weight excluding hydrogens is 404 g/mol. The number of carbonyl (C=O) groups excluding carboxylic acids is 2. The zero-order valence-corrected chi connectivity index (χ0v) is 16.3. The fourth-order valence-corrected chi connectivity index (χ4v) is 3.52. The van der Waals surface area contributed by atoms with Gasteiger partial charge in [-0.2, -0.15) is 8.42 Å². The lowest BCUT2D eigenvalue weighted by molar-refractivity contribution is 0.100. The summed E-state index contributed by atoms with van der Waals surface area (Å²) in [4.78, 5) is 32.1. The van der Waals surface area contributed by atoms with Crippen LogP contribution in [0.4, 0.5) is 5.82 Å². The number of rotatable bonds is 8. The maximum atomic E-state index is 12.7. The molecular formula is C17H20N4O7S. The van der Waals surface area contributed by atoms with Crippen LogP contribution >= 0.6 is 0 Å². The van der Waals surface area contributed by atoms with Gasteiger partial charge in [0.2, 0.25) is 5.78 Å². The number of hydrogen-bond acceptors (Lipinski definition) is 10. The Morgan fingerprint density at radius 3 is 2.83 bits per heavy atom. The van der Waals surface area contributed by atoms with Crippen LogP contribution in [0.5, 0.6) is 0 Å². The van der Waals surface area contributed by atoms with Crippen LogP contribution in [0.2, 0.25) is 0 Å². The predicted octanol–water partition coefficient (Wildman–Crippen LogP) is 0.275. The number of furan rings is 1. The Labute approximate surface area is 166 Å². The molecule has 0 amide bonds. The van der Waals surface area contributed by atoms with E-state index in [1.54, 1.807) is 0 Å². The number of carbonyl (C=O) groups is 2. The molecule has 11 nitrogen and oxygen atoms in total.